The maximum absolute atomic E-state index is 2.51. The van der Waals surface area contributed by atoms with Crippen LogP contribution in [0.3, 0.4) is 0 Å². The average molecular weight is 315 g/mol. The van der Waals surface area contributed by atoms with Crippen molar-refractivity contribution in [3.05, 3.63) is 0 Å². The molecule has 0 fully saturated rings. The van der Waals surface area contributed by atoms with E-state index in [-0.39, 0.29) is 0 Å². The first-order chi connectivity index (χ1) is 9.89. The molecule has 0 radical (unpaired) electrons. The summed E-state index contributed by atoms with van der Waals surface area (Å²) in [5.74, 6) is 0. The van der Waals surface area contributed by atoms with Crippen LogP contribution >= 0.6 is 0 Å². The summed E-state index contributed by atoms with van der Waals surface area (Å²) in [5.41, 5.74) is 0. The quantitative estimate of drug-likeness (QED) is 0.200. The fraction of sp³-hybridized carbons (Fsp3) is 1.00. The van der Waals surface area contributed by atoms with Gasteiger partial charge in [0.1, 0.15) is 0 Å². The van der Waals surface area contributed by atoms with Crippen LogP contribution in [0.15, 0.2) is 0 Å². The molecule has 128 valence electrons. The Morgan fingerprint density at radius 3 is 1.29 bits per heavy atom. The number of unbranched alkanes of at least 4 members (excludes halogenated alkanes) is 4. The highest BCUT2D eigenvalue weighted by Gasteiger charge is 2.25. The van der Waals surface area contributed by atoms with Crippen molar-refractivity contribution >= 4 is 8.07 Å². The molecule has 0 aliphatic carbocycles. The van der Waals surface area contributed by atoms with Gasteiger partial charge in [-0.25, -0.2) is 0 Å². The van der Waals surface area contributed by atoms with Crippen molar-refractivity contribution in [2.24, 2.45) is 0 Å². The summed E-state index contributed by atoms with van der Waals surface area (Å²) in [4.78, 5) is 0. The van der Waals surface area contributed by atoms with Crippen LogP contribution in [0.4, 0.5) is 0 Å². The fourth-order valence-corrected chi connectivity index (χ4v) is 4.56. The molecule has 0 saturated heterocycles. The van der Waals surface area contributed by atoms with Crippen molar-refractivity contribution in [2.45, 2.75) is 97.8 Å². The van der Waals surface area contributed by atoms with E-state index in [4.69, 9.17) is 0 Å². The number of rotatable bonds is 14. The van der Waals surface area contributed by atoms with E-state index in [9.17, 15) is 0 Å². The summed E-state index contributed by atoms with van der Waals surface area (Å²) >= 11 is 0. The van der Waals surface area contributed by atoms with Crippen LogP contribution in [-0.4, -0.2) is 38.7 Å². The Bertz CT molecular complexity index is 210. The van der Waals surface area contributed by atoms with E-state index in [0.717, 1.165) is 0 Å². The van der Waals surface area contributed by atoms with E-state index in [1.54, 1.807) is 0 Å². The second-order valence-corrected chi connectivity index (χ2v) is 13.9. The molecule has 0 aliphatic heterocycles. The van der Waals surface area contributed by atoms with Crippen molar-refractivity contribution in [1.82, 2.24) is 0 Å². The SMILES string of the molecule is CCCC[N+](CCCC)(CCCC)CCCC[Si](C)(C)C. The van der Waals surface area contributed by atoms with Crippen molar-refractivity contribution < 1.29 is 4.48 Å². The van der Waals surface area contributed by atoms with Crippen molar-refractivity contribution in [2.75, 3.05) is 26.2 Å². The normalized spacial score (nSPS) is 12.9. The van der Waals surface area contributed by atoms with E-state index in [2.05, 4.69) is 40.4 Å². The lowest BCUT2D eigenvalue weighted by atomic mass is 10.1. The van der Waals surface area contributed by atoms with Gasteiger partial charge in [-0.3, -0.25) is 0 Å². The second-order valence-electron chi connectivity index (χ2n) is 8.31. The first-order valence-corrected chi connectivity index (χ1v) is 13.4. The lowest BCUT2D eigenvalue weighted by Gasteiger charge is -2.39. The summed E-state index contributed by atoms with van der Waals surface area (Å²) in [7, 11) is -0.837. The van der Waals surface area contributed by atoms with Crippen molar-refractivity contribution in [1.29, 1.82) is 0 Å². The van der Waals surface area contributed by atoms with Crippen LogP contribution in [-0.2, 0) is 0 Å². The molecule has 0 aromatic heterocycles. The van der Waals surface area contributed by atoms with Gasteiger partial charge in [0.05, 0.1) is 26.2 Å². The molecule has 0 saturated carbocycles. The number of hydrogen-bond acceptors (Lipinski definition) is 0. The molecule has 0 unspecified atom stereocenters. The van der Waals surface area contributed by atoms with Gasteiger partial charge in [-0.15, -0.1) is 0 Å². The highest BCUT2D eigenvalue weighted by molar-refractivity contribution is 6.76. The molecule has 0 spiro atoms. The molecular formula is C19H44NSi+. The molecule has 0 N–H and O–H groups in total. The predicted molar refractivity (Wildman–Crippen MR) is 102 cm³/mol. The molecular weight excluding hydrogens is 270 g/mol. The van der Waals surface area contributed by atoms with E-state index in [1.165, 1.54) is 88.1 Å². The Balaban J connectivity index is 4.48. The average Bonchev–Trinajstić information content (AvgIpc) is 2.43. The Labute approximate surface area is 137 Å². The Morgan fingerprint density at radius 2 is 0.952 bits per heavy atom. The van der Waals surface area contributed by atoms with E-state index in [0.29, 0.717) is 0 Å². The molecule has 0 atom stereocenters. The largest absolute Gasteiger partial charge is 0.324 e. The zero-order chi connectivity index (χ0) is 16.2. The summed E-state index contributed by atoms with van der Waals surface area (Å²) in [6, 6.07) is 1.52. The number of hydrogen-bond donors (Lipinski definition) is 0. The van der Waals surface area contributed by atoms with Gasteiger partial charge in [-0.05, 0) is 25.7 Å². The predicted octanol–water partition coefficient (Wildman–Crippen LogP) is 6.32. The van der Waals surface area contributed by atoms with Crippen molar-refractivity contribution in [3.63, 3.8) is 0 Å². The highest BCUT2D eigenvalue weighted by atomic mass is 28.3. The van der Waals surface area contributed by atoms with E-state index in [1.807, 2.05) is 0 Å². The maximum Gasteiger partial charge on any atom is 0.0786 e. The third-order valence-corrected chi connectivity index (χ3v) is 6.62. The zero-order valence-electron chi connectivity index (χ0n) is 16.1. The van der Waals surface area contributed by atoms with Crippen LogP contribution in [0.5, 0.6) is 0 Å². The van der Waals surface area contributed by atoms with Crippen LogP contribution in [0.1, 0.15) is 72.1 Å². The van der Waals surface area contributed by atoms with Crippen LogP contribution in [0.25, 0.3) is 0 Å². The minimum atomic E-state index is -0.837. The first-order valence-electron chi connectivity index (χ1n) is 9.74. The summed E-state index contributed by atoms with van der Waals surface area (Å²) < 4.78 is 1.43. The molecule has 0 bridgehead atoms. The molecule has 0 amide bonds. The zero-order valence-corrected chi connectivity index (χ0v) is 17.1. The third kappa shape index (κ3) is 11.4. The molecule has 1 nitrogen and oxygen atoms in total. The molecule has 0 rings (SSSR count). The van der Waals surface area contributed by atoms with Gasteiger partial charge in [0.25, 0.3) is 0 Å². The Morgan fingerprint density at radius 1 is 0.571 bits per heavy atom. The highest BCUT2D eigenvalue weighted by Crippen LogP contribution is 2.19. The minimum Gasteiger partial charge on any atom is -0.324 e. The van der Waals surface area contributed by atoms with Gasteiger partial charge in [0.15, 0.2) is 0 Å². The van der Waals surface area contributed by atoms with Gasteiger partial charge < -0.3 is 4.48 Å². The third-order valence-electron chi connectivity index (χ3n) is 4.77. The topological polar surface area (TPSA) is 0 Å². The standard InChI is InChI=1S/C19H44NSi/c1-7-10-15-20(16-11-8-2,17-12-9-3)18-13-14-19-21(4,5)6/h7-19H2,1-6H3/q+1. The molecule has 0 aliphatic rings. The summed E-state index contributed by atoms with van der Waals surface area (Å²) in [5, 5.41) is 0. The first kappa shape index (κ1) is 21.2. The molecule has 2 heteroatoms. The van der Waals surface area contributed by atoms with Gasteiger partial charge in [0, 0.05) is 8.07 Å². The van der Waals surface area contributed by atoms with E-state index >= 15 is 0 Å². The Kier molecular flexibility index (Phi) is 11.8. The lowest BCUT2D eigenvalue weighted by Crippen LogP contribution is -2.50. The maximum atomic E-state index is 2.51. The van der Waals surface area contributed by atoms with Crippen molar-refractivity contribution in [3.8, 4) is 0 Å². The van der Waals surface area contributed by atoms with Crippen LogP contribution in [0, 0.1) is 0 Å². The van der Waals surface area contributed by atoms with E-state index < -0.39 is 8.07 Å². The molecule has 0 aromatic rings. The van der Waals surface area contributed by atoms with Crippen LogP contribution in [0.2, 0.25) is 25.7 Å². The monoisotopic (exact) mass is 314 g/mol. The minimum absolute atomic E-state index is 0.837. The number of quaternary nitrogens is 1. The smallest absolute Gasteiger partial charge is 0.0786 e. The second kappa shape index (κ2) is 11.7. The molecule has 0 aromatic carbocycles. The molecule has 21 heavy (non-hydrogen) atoms. The summed E-state index contributed by atoms with van der Waals surface area (Å²) in [6.45, 7) is 20.3. The Hall–Kier alpha value is 0.177. The van der Waals surface area contributed by atoms with Gasteiger partial charge >= 0.3 is 0 Å². The van der Waals surface area contributed by atoms with Crippen LogP contribution < -0.4 is 0 Å². The summed E-state index contributed by atoms with van der Waals surface area (Å²) in [6.07, 6.45) is 11.2. The van der Waals surface area contributed by atoms with Gasteiger partial charge in [-0.1, -0.05) is 72.1 Å². The van der Waals surface area contributed by atoms with Gasteiger partial charge in [-0.2, -0.15) is 0 Å². The fourth-order valence-electron chi connectivity index (χ4n) is 3.25. The number of nitrogens with zero attached hydrogens (tertiary/aromatic N) is 1. The van der Waals surface area contributed by atoms with Gasteiger partial charge in [0.2, 0.25) is 0 Å². The lowest BCUT2D eigenvalue weighted by molar-refractivity contribution is -0.929. The molecule has 0 heterocycles.